The molecule has 1 heterocycles. The number of oxazole rings is 1. The van der Waals surface area contributed by atoms with Gasteiger partial charge in [0.1, 0.15) is 5.76 Å². The van der Waals surface area contributed by atoms with E-state index in [9.17, 15) is 0 Å². The Balaban J connectivity index is 0.000001000. The summed E-state index contributed by atoms with van der Waals surface area (Å²) in [4.78, 5) is 4.03. The molecule has 1 rings (SSSR count). The second-order valence-electron chi connectivity index (χ2n) is 2.11. The summed E-state index contributed by atoms with van der Waals surface area (Å²) in [5.74, 6) is 1.68. The maximum atomic E-state index is 5.31. The predicted octanol–water partition coefficient (Wildman–Crippen LogP) is 1.16. The van der Waals surface area contributed by atoms with Crippen molar-refractivity contribution >= 4 is 12.4 Å². The molecular formula is C7H13ClN2O. The van der Waals surface area contributed by atoms with Crippen LogP contribution in [0.5, 0.6) is 0 Å². The van der Waals surface area contributed by atoms with Gasteiger partial charge in [-0.15, -0.1) is 12.4 Å². The minimum atomic E-state index is 0. The van der Waals surface area contributed by atoms with Crippen molar-refractivity contribution in [3.8, 4) is 0 Å². The van der Waals surface area contributed by atoms with E-state index in [0.29, 0.717) is 6.54 Å². The van der Waals surface area contributed by atoms with Gasteiger partial charge in [0.25, 0.3) is 0 Å². The van der Waals surface area contributed by atoms with Crippen LogP contribution in [-0.4, -0.2) is 11.5 Å². The standard InChI is InChI=1S/C7H12N2O.ClH/c1-2-6-5-9-7(10-6)3-4-8;/h5H,2-4,8H2,1H3;1H. The number of nitrogens with two attached hydrogens (primary N) is 1. The Labute approximate surface area is 72.4 Å². The van der Waals surface area contributed by atoms with E-state index >= 15 is 0 Å². The SMILES string of the molecule is CCc1cnc(CCN)o1.Cl. The van der Waals surface area contributed by atoms with Crippen LogP contribution < -0.4 is 5.73 Å². The largest absolute Gasteiger partial charge is 0.446 e. The van der Waals surface area contributed by atoms with E-state index in [1.165, 1.54) is 0 Å². The van der Waals surface area contributed by atoms with Crippen molar-refractivity contribution in [3.05, 3.63) is 17.8 Å². The maximum Gasteiger partial charge on any atom is 0.195 e. The van der Waals surface area contributed by atoms with Crippen molar-refractivity contribution in [2.45, 2.75) is 19.8 Å². The lowest BCUT2D eigenvalue weighted by atomic mass is 10.4. The molecule has 1 aromatic heterocycles. The fourth-order valence-electron chi connectivity index (χ4n) is 0.751. The minimum absolute atomic E-state index is 0. The smallest absolute Gasteiger partial charge is 0.195 e. The van der Waals surface area contributed by atoms with Crippen LogP contribution in [0.25, 0.3) is 0 Å². The molecule has 0 aliphatic heterocycles. The molecule has 0 saturated heterocycles. The molecule has 0 unspecified atom stereocenters. The molecule has 0 radical (unpaired) electrons. The number of aromatic nitrogens is 1. The number of aryl methyl sites for hydroxylation is 1. The van der Waals surface area contributed by atoms with Crippen molar-refractivity contribution in [2.75, 3.05) is 6.54 Å². The highest BCUT2D eigenvalue weighted by Crippen LogP contribution is 2.03. The first-order valence-electron chi connectivity index (χ1n) is 3.50. The van der Waals surface area contributed by atoms with Crippen molar-refractivity contribution in [2.24, 2.45) is 5.73 Å². The zero-order chi connectivity index (χ0) is 7.40. The maximum absolute atomic E-state index is 5.31. The lowest BCUT2D eigenvalue weighted by Gasteiger charge is -1.87. The Morgan fingerprint density at radius 2 is 2.36 bits per heavy atom. The van der Waals surface area contributed by atoms with Gasteiger partial charge in [0.2, 0.25) is 0 Å². The molecule has 0 aromatic carbocycles. The van der Waals surface area contributed by atoms with Crippen LogP contribution in [0.2, 0.25) is 0 Å². The Hall–Kier alpha value is -0.540. The molecule has 0 spiro atoms. The molecule has 0 aliphatic rings. The van der Waals surface area contributed by atoms with Gasteiger partial charge in [0, 0.05) is 19.4 Å². The average molecular weight is 177 g/mol. The van der Waals surface area contributed by atoms with Crippen LogP contribution in [0.1, 0.15) is 18.6 Å². The molecule has 0 saturated carbocycles. The molecule has 64 valence electrons. The number of rotatable bonds is 3. The molecule has 0 bridgehead atoms. The number of hydrogen-bond acceptors (Lipinski definition) is 3. The Morgan fingerprint density at radius 1 is 1.64 bits per heavy atom. The highest BCUT2D eigenvalue weighted by atomic mass is 35.5. The van der Waals surface area contributed by atoms with E-state index in [4.69, 9.17) is 10.2 Å². The summed E-state index contributed by atoms with van der Waals surface area (Å²) in [7, 11) is 0. The van der Waals surface area contributed by atoms with Gasteiger partial charge < -0.3 is 10.2 Å². The van der Waals surface area contributed by atoms with Crippen molar-refractivity contribution in [1.82, 2.24) is 4.98 Å². The van der Waals surface area contributed by atoms with Crippen molar-refractivity contribution in [1.29, 1.82) is 0 Å². The molecular weight excluding hydrogens is 164 g/mol. The molecule has 0 atom stereocenters. The first-order chi connectivity index (χ1) is 4.86. The normalized spacial score (nSPS) is 9.27. The summed E-state index contributed by atoms with van der Waals surface area (Å²) in [5, 5.41) is 0. The van der Waals surface area contributed by atoms with Gasteiger partial charge in [-0.05, 0) is 0 Å². The molecule has 4 heteroatoms. The molecule has 0 fully saturated rings. The second kappa shape index (κ2) is 5.16. The van der Waals surface area contributed by atoms with Gasteiger partial charge in [-0.3, -0.25) is 0 Å². The van der Waals surface area contributed by atoms with Crippen LogP contribution >= 0.6 is 12.4 Å². The average Bonchev–Trinajstić information content (AvgIpc) is 2.37. The summed E-state index contributed by atoms with van der Waals surface area (Å²) < 4.78 is 5.28. The molecule has 2 N–H and O–H groups in total. The minimum Gasteiger partial charge on any atom is -0.446 e. The summed E-state index contributed by atoms with van der Waals surface area (Å²) in [6.45, 7) is 2.64. The molecule has 3 nitrogen and oxygen atoms in total. The van der Waals surface area contributed by atoms with E-state index in [1.54, 1.807) is 6.20 Å². The lowest BCUT2D eigenvalue weighted by Crippen LogP contribution is -2.02. The molecule has 1 aromatic rings. The summed E-state index contributed by atoms with van der Waals surface area (Å²) in [6, 6.07) is 0. The lowest BCUT2D eigenvalue weighted by molar-refractivity contribution is 0.460. The highest BCUT2D eigenvalue weighted by molar-refractivity contribution is 5.85. The van der Waals surface area contributed by atoms with Crippen LogP contribution in [0.3, 0.4) is 0 Å². The third kappa shape index (κ3) is 2.91. The van der Waals surface area contributed by atoms with E-state index < -0.39 is 0 Å². The van der Waals surface area contributed by atoms with Crippen LogP contribution in [-0.2, 0) is 12.8 Å². The summed E-state index contributed by atoms with van der Waals surface area (Å²) in [5.41, 5.74) is 5.31. The quantitative estimate of drug-likeness (QED) is 0.752. The predicted molar refractivity (Wildman–Crippen MR) is 45.9 cm³/mol. The molecule has 11 heavy (non-hydrogen) atoms. The zero-order valence-corrected chi connectivity index (χ0v) is 7.36. The fourth-order valence-corrected chi connectivity index (χ4v) is 0.751. The van der Waals surface area contributed by atoms with E-state index in [1.807, 2.05) is 6.92 Å². The van der Waals surface area contributed by atoms with Crippen molar-refractivity contribution in [3.63, 3.8) is 0 Å². The van der Waals surface area contributed by atoms with Gasteiger partial charge in [-0.1, -0.05) is 6.92 Å². The van der Waals surface area contributed by atoms with E-state index in [0.717, 1.165) is 24.5 Å². The summed E-state index contributed by atoms with van der Waals surface area (Å²) >= 11 is 0. The Bertz CT molecular complexity index is 200. The highest BCUT2D eigenvalue weighted by Gasteiger charge is 1.98. The number of hydrogen-bond donors (Lipinski definition) is 1. The van der Waals surface area contributed by atoms with Crippen LogP contribution in [0, 0.1) is 0 Å². The van der Waals surface area contributed by atoms with E-state index in [-0.39, 0.29) is 12.4 Å². The topological polar surface area (TPSA) is 52.0 Å². The van der Waals surface area contributed by atoms with Gasteiger partial charge in [-0.2, -0.15) is 0 Å². The van der Waals surface area contributed by atoms with Crippen LogP contribution in [0.15, 0.2) is 10.6 Å². The van der Waals surface area contributed by atoms with Gasteiger partial charge in [-0.25, -0.2) is 4.98 Å². The Kier molecular flexibility index (Phi) is 4.90. The van der Waals surface area contributed by atoms with Gasteiger partial charge >= 0.3 is 0 Å². The monoisotopic (exact) mass is 176 g/mol. The molecule has 0 aliphatic carbocycles. The third-order valence-electron chi connectivity index (χ3n) is 1.31. The molecule has 0 amide bonds. The number of halogens is 1. The Morgan fingerprint density at radius 3 is 2.82 bits per heavy atom. The third-order valence-corrected chi connectivity index (χ3v) is 1.31. The van der Waals surface area contributed by atoms with Crippen molar-refractivity contribution < 1.29 is 4.42 Å². The zero-order valence-electron chi connectivity index (χ0n) is 6.54. The van der Waals surface area contributed by atoms with Gasteiger partial charge in [0.15, 0.2) is 5.89 Å². The van der Waals surface area contributed by atoms with E-state index in [2.05, 4.69) is 4.98 Å². The second-order valence-corrected chi connectivity index (χ2v) is 2.11. The first-order valence-corrected chi connectivity index (χ1v) is 3.50. The number of nitrogens with zero attached hydrogens (tertiary/aromatic N) is 1. The summed E-state index contributed by atoms with van der Waals surface area (Å²) in [6.07, 6.45) is 3.39. The first kappa shape index (κ1) is 10.5. The van der Waals surface area contributed by atoms with Gasteiger partial charge in [0.05, 0.1) is 6.20 Å². The fraction of sp³-hybridized carbons (Fsp3) is 0.571. The van der Waals surface area contributed by atoms with Crippen LogP contribution in [0.4, 0.5) is 0 Å².